The third-order valence-corrected chi connectivity index (χ3v) is 3.88. The zero-order valence-electron chi connectivity index (χ0n) is 12.8. The molecule has 1 amide bonds. The van der Waals surface area contributed by atoms with Crippen molar-refractivity contribution in [1.29, 1.82) is 0 Å². The van der Waals surface area contributed by atoms with E-state index in [1.165, 1.54) is 0 Å². The van der Waals surface area contributed by atoms with Crippen molar-refractivity contribution in [3.8, 4) is 5.75 Å². The van der Waals surface area contributed by atoms with Crippen molar-refractivity contribution in [3.05, 3.63) is 28.2 Å². The van der Waals surface area contributed by atoms with Crippen molar-refractivity contribution in [2.24, 2.45) is 5.73 Å². The first-order valence-corrected chi connectivity index (χ1v) is 8.30. The summed E-state index contributed by atoms with van der Waals surface area (Å²) in [6, 6.07) is 5.95. The summed E-state index contributed by atoms with van der Waals surface area (Å²) < 4.78 is 6.54. The third kappa shape index (κ3) is 6.48. The SMILES string of the molecule is CCCCNC(=O)COc1c(Br)cccc1CC(N)CC. The lowest BCUT2D eigenvalue weighted by Gasteiger charge is -2.15. The molecular weight excluding hydrogens is 332 g/mol. The Hall–Kier alpha value is -1.07. The number of ether oxygens (including phenoxy) is 1. The highest BCUT2D eigenvalue weighted by molar-refractivity contribution is 9.10. The smallest absolute Gasteiger partial charge is 0.257 e. The van der Waals surface area contributed by atoms with Gasteiger partial charge in [0.05, 0.1) is 4.47 Å². The van der Waals surface area contributed by atoms with Crippen LogP contribution in [0.2, 0.25) is 0 Å². The van der Waals surface area contributed by atoms with Gasteiger partial charge in [0.2, 0.25) is 0 Å². The second-order valence-electron chi connectivity index (χ2n) is 5.09. The number of rotatable bonds is 9. The normalized spacial score (nSPS) is 12.0. The largest absolute Gasteiger partial charge is 0.482 e. The van der Waals surface area contributed by atoms with E-state index in [2.05, 4.69) is 35.1 Å². The summed E-state index contributed by atoms with van der Waals surface area (Å²) in [4.78, 5) is 11.7. The molecule has 0 heterocycles. The van der Waals surface area contributed by atoms with Gasteiger partial charge in [0.25, 0.3) is 5.91 Å². The molecule has 118 valence electrons. The fourth-order valence-corrected chi connectivity index (χ4v) is 2.42. The Morgan fingerprint density at radius 3 is 2.86 bits per heavy atom. The molecule has 0 spiro atoms. The molecule has 21 heavy (non-hydrogen) atoms. The predicted octanol–water partition coefficient (Wildman–Crippen LogP) is 3.02. The van der Waals surface area contributed by atoms with Crippen LogP contribution in [-0.4, -0.2) is 25.1 Å². The summed E-state index contributed by atoms with van der Waals surface area (Å²) in [6.45, 7) is 4.88. The van der Waals surface area contributed by atoms with Crippen LogP contribution in [0.3, 0.4) is 0 Å². The Balaban J connectivity index is 2.62. The molecule has 1 unspecified atom stereocenters. The second kappa shape index (κ2) is 9.79. The van der Waals surface area contributed by atoms with E-state index in [0.29, 0.717) is 12.3 Å². The van der Waals surface area contributed by atoms with Crippen LogP contribution in [0.4, 0.5) is 0 Å². The summed E-state index contributed by atoms with van der Waals surface area (Å²) in [6.07, 6.45) is 3.69. The first-order chi connectivity index (χ1) is 10.1. The van der Waals surface area contributed by atoms with Gasteiger partial charge in [-0.25, -0.2) is 0 Å². The lowest BCUT2D eigenvalue weighted by molar-refractivity contribution is -0.123. The van der Waals surface area contributed by atoms with Gasteiger partial charge in [0.1, 0.15) is 5.75 Å². The van der Waals surface area contributed by atoms with E-state index in [4.69, 9.17) is 10.5 Å². The van der Waals surface area contributed by atoms with Crippen LogP contribution in [0, 0.1) is 0 Å². The Morgan fingerprint density at radius 1 is 1.43 bits per heavy atom. The lowest BCUT2D eigenvalue weighted by Crippen LogP contribution is -2.30. The van der Waals surface area contributed by atoms with E-state index >= 15 is 0 Å². The number of nitrogens with one attached hydrogen (secondary N) is 1. The molecule has 0 aliphatic carbocycles. The molecule has 1 aromatic carbocycles. The Morgan fingerprint density at radius 2 is 2.19 bits per heavy atom. The highest BCUT2D eigenvalue weighted by Crippen LogP contribution is 2.30. The number of unbranched alkanes of at least 4 members (excludes halogenated alkanes) is 1. The number of para-hydroxylation sites is 1. The van der Waals surface area contributed by atoms with E-state index in [0.717, 1.165) is 35.7 Å². The molecule has 0 bridgehead atoms. The maximum atomic E-state index is 11.7. The molecule has 1 aromatic rings. The monoisotopic (exact) mass is 356 g/mol. The van der Waals surface area contributed by atoms with Crippen molar-refractivity contribution in [2.45, 2.75) is 45.6 Å². The van der Waals surface area contributed by atoms with E-state index in [9.17, 15) is 4.79 Å². The van der Waals surface area contributed by atoms with Crippen molar-refractivity contribution < 1.29 is 9.53 Å². The second-order valence-corrected chi connectivity index (χ2v) is 5.95. The van der Waals surface area contributed by atoms with Crippen LogP contribution in [0.5, 0.6) is 5.75 Å². The average Bonchev–Trinajstić information content (AvgIpc) is 2.46. The lowest BCUT2D eigenvalue weighted by atomic mass is 10.0. The molecule has 0 radical (unpaired) electrons. The topological polar surface area (TPSA) is 64.3 Å². The summed E-state index contributed by atoms with van der Waals surface area (Å²) in [5.41, 5.74) is 7.04. The van der Waals surface area contributed by atoms with E-state index < -0.39 is 0 Å². The number of nitrogens with two attached hydrogens (primary N) is 1. The minimum Gasteiger partial charge on any atom is -0.482 e. The standard InChI is InChI=1S/C16H25BrN2O2/c1-3-5-9-19-15(20)11-21-16-12(10-13(18)4-2)7-6-8-14(16)17/h6-8,13H,3-5,9-11,18H2,1-2H3,(H,19,20). The number of carbonyl (C=O) groups is 1. The molecule has 1 rings (SSSR count). The molecule has 0 aliphatic heterocycles. The molecule has 4 nitrogen and oxygen atoms in total. The van der Waals surface area contributed by atoms with Crippen molar-refractivity contribution >= 4 is 21.8 Å². The number of amides is 1. The predicted molar refractivity (Wildman–Crippen MR) is 89.5 cm³/mol. The van der Waals surface area contributed by atoms with Gasteiger partial charge in [-0.2, -0.15) is 0 Å². The van der Waals surface area contributed by atoms with Gasteiger partial charge in [0.15, 0.2) is 6.61 Å². The summed E-state index contributed by atoms with van der Waals surface area (Å²) >= 11 is 3.48. The molecular formula is C16H25BrN2O2. The fraction of sp³-hybridized carbons (Fsp3) is 0.562. The molecule has 0 saturated heterocycles. The van der Waals surface area contributed by atoms with Gasteiger partial charge in [-0.15, -0.1) is 0 Å². The van der Waals surface area contributed by atoms with Crippen LogP contribution in [-0.2, 0) is 11.2 Å². The molecule has 0 fully saturated rings. The number of hydrogen-bond donors (Lipinski definition) is 2. The zero-order valence-corrected chi connectivity index (χ0v) is 14.4. The fourth-order valence-electron chi connectivity index (χ4n) is 1.90. The summed E-state index contributed by atoms with van der Waals surface area (Å²) in [5.74, 6) is 0.622. The van der Waals surface area contributed by atoms with Crippen LogP contribution in [0.25, 0.3) is 0 Å². The van der Waals surface area contributed by atoms with Gasteiger partial charge in [0, 0.05) is 12.6 Å². The van der Waals surface area contributed by atoms with Gasteiger partial charge in [-0.05, 0) is 46.8 Å². The number of halogens is 1. The van der Waals surface area contributed by atoms with Crippen molar-refractivity contribution in [3.63, 3.8) is 0 Å². The Kier molecular flexibility index (Phi) is 8.38. The maximum absolute atomic E-state index is 11.7. The maximum Gasteiger partial charge on any atom is 0.257 e. The van der Waals surface area contributed by atoms with Crippen molar-refractivity contribution in [1.82, 2.24) is 5.32 Å². The summed E-state index contributed by atoms with van der Waals surface area (Å²) in [7, 11) is 0. The van der Waals surface area contributed by atoms with E-state index in [1.807, 2.05) is 18.2 Å². The van der Waals surface area contributed by atoms with E-state index in [1.54, 1.807) is 0 Å². The zero-order chi connectivity index (χ0) is 15.7. The van der Waals surface area contributed by atoms with Gasteiger partial charge < -0.3 is 15.8 Å². The number of hydrogen-bond acceptors (Lipinski definition) is 3. The molecule has 5 heteroatoms. The molecule has 0 aliphatic rings. The first-order valence-electron chi connectivity index (χ1n) is 7.50. The minimum absolute atomic E-state index is 0.0285. The van der Waals surface area contributed by atoms with Crippen LogP contribution in [0.1, 0.15) is 38.7 Å². The Labute approximate surface area is 135 Å². The van der Waals surface area contributed by atoms with Gasteiger partial charge in [-0.1, -0.05) is 32.4 Å². The van der Waals surface area contributed by atoms with Crippen LogP contribution < -0.4 is 15.8 Å². The molecule has 0 saturated carbocycles. The minimum atomic E-state index is -0.0926. The number of benzene rings is 1. The van der Waals surface area contributed by atoms with Crippen LogP contribution in [0.15, 0.2) is 22.7 Å². The van der Waals surface area contributed by atoms with E-state index in [-0.39, 0.29) is 18.6 Å². The Bertz CT molecular complexity index is 452. The van der Waals surface area contributed by atoms with Crippen molar-refractivity contribution in [2.75, 3.05) is 13.2 Å². The van der Waals surface area contributed by atoms with Gasteiger partial charge in [-0.3, -0.25) is 4.79 Å². The summed E-state index contributed by atoms with van der Waals surface area (Å²) in [5, 5.41) is 2.84. The molecule has 3 N–H and O–H groups in total. The first kappa shape index (κ1) is 18.0. The highest BCUT2D eigenvalue weighted by Gasteiger charge is 2.12. The third-order valence-electron chi connectivity index (χ3n) is 3.26. The molecule has 0 aromatic heterocycles. The highest BCUT2D eigenvalue weighted by atomic mass is 79.9. The average molecular weight is 357 g/mol. The number of carbonyl (C=O) groups excluding carboxylic acids is 1. The van der Waals surface area contributed by atoms with Crippen LogP contribution >= 0.6 is 15.9 Å². The molecule has 1 atom stereocenters. The van der Waals surface area contributed by atoms with Gasteiger partial charge >= 0.3 is 0 Å². The quantitative estimate of drug-likeness (QED) is 0.668.